The Bertz CT molecular complexity index is 1990. The second-order valence-corrected chi connectivity index (χ2v) is 13.3. The molecule has 3 aromatic rings. The van der Waals surface area contributed by atoms with Crippen LogP contribution in [0.25, 0.3) is 20.9 Å². The normalized spacial score (nSPS) is 25.0. The Morgan fingerprint density at radius 3 is 1.76 bits per heavy atom. The summed E-state index contributed by atoms with van der Waals surface area (Å²) in [6.45, 7) is 1.74. The van der Waals surface area contributed by atoms with Crippen molar-refractivity contribution < 1.29 is 32.7 Å². The fourth-order valence-corrected chi connectivity index (χ4v) is 6.63. The summed E-state index contributed by atoms with van der Waals surface area (Å²) >= 11 is 5.94. The second kappa shape index (κ2) is 15.6. The molecular formula is C27H30ClN10O11P. The van der Waals surface area contributed by atoms with Gasteiger partial charge < -0.3 is 14.6 Å². The number of halogens is 1. The van der Waals surface area contributed by atoms with Crippen LogP contribution in [-0.4, -0.2) is 61.7 Å². The number of nitrogens with zero attached hydrogens (tertiary/aromatic N) is 8. The first-order valence-electron chi connectivity index (χ1n) is 14.8. The molecule has 7 atom stereocenters. The number of aryl methyl sites for hydroxylation is 2. The number of phosphoric ester groups is 1. The van der Waals surface area contributed by atoms with Crippen LogP contribution in [-0.2, 0) is 27.6 Å². The molecule has 21 nitrogen and oxygen atoms in total. The number of nitrogens with one attached hydrogen (secondary N) is 2. The van der Waals surface area contributed by atoms with E-state index in [4.69, 9.17) is 45.7 Å². The Kier molecular flexibility index (Phi) is 11.4. The third-order valence-corrected chi connectivity index (χ3v) is 9.54. The lowest BCUT2D eigenvalue weighted by atomic mass is 10.1. The summed E-state index contributed by atoms with van der Waals surface area (Å²) in [4.78, 5) is 58.6. The Balaban J connectivity index is 1.37. The smallest absolute Gasteiger partial charge is 0.364 e. The van der Waals surface area contributed by atoms with Crippen molar-refractivity contribution in [2.45, 2.75) is 69.7 Å². The van der Waals surface area contributed by atoms with Gasteiger partial charge in [0.1, 0.15) is 12.5 Å². The van der Waals surface area contributed by atoms with Gasteiger partial charge in [-0.1, -0.05) is 34.0 Å². The molecule has 0 aliphatic carbocycles. The van der Waals surface area contributed by atoms with Crippen molar-refractivity contribution in [1.82, 2.24) is 19.1 Å². The standard InChI is InChI=1S/C27H30ClN10O11P/c1-13-9-37(26(42)31-23(13)39)21-7-17(33-35-29)19(47-21)11-45-50(44,49-25(41)15-3-5-16(28)6-4-15)46-12-20-18(34-36-30)8-22(48-20)38-10-14(2)24(40)32-27(38)43/h3-6,9-10,17-22,25,41H,7-8,11-12H2,1-2H3,(H,31,39,42)(H,32,40,43)/t17-,18-,19+,20+,21+,22+,25?/m0/s1. The number of H-pyrrole nitrogens is 2. The lowest BCUT2D eigenvalue weighted by molar-refractivity contribution is -0.0759. The van der Waals surface area contributed by atoms with E-state index in [2.05, 4.69) is 30.0 Å². The van der Waals surface area contributed by atoms with Gasteiger partial charge in [0, 0.05) is 56.8 Å². The van der Waals surface area contributed by atoms with Gasteiger partial charge in [-0.2, -0.15) is 0 Å². The van der Waals surface area contributed by atoms with Gasteiger partial charge in [-0.3, -0.25) is 42.3 Å². The van der Waals surface area contributed by atoms with Crippen molar-refractivity contribution in [3.63, 3.8) is 0 Å². The minimum atomic E-state index is -4.82. The number of benzene rings is 1. The first-order chi connectivity index (χ1) is 23.8. The average Bonchev–Trinajstić information content (AvgIpc) is 3.67. The summed E-state index contributed by atoms with van der Waals surface area (Å²) in [5.74, 6) is 0. The van der Waals surface area contributed by atoms with Crippen LogP contribution in [0, 0.1) is 13.8 Å². The molecular weight excluding hydrogens is 707 g/mol. The molecule has 2 saturated heterocycles. The maximum Gasteiger partial charge on any atom is 0.477 e. The van der Waals surface area contributed by atoms with Crippen molar-refractivity contribution in [3.8, 4) is 0 Å². The minimum absolute atomic E-state index is 0.0301. The number of aromatic amines is 2. The first kappa shape index (κ1) is 36.8. The molecule has 4 heterocycles. The molecule has 0 bridgehead atoms. The van der Waals surface area contributed by atoms with Crippen LogP contribution in [0.4, 0.5) is 0 Å². The van der Waals surface area contributed by atoms with E-state index in [0.29, 0.717) is 5.02 Å². The van der Waals surface area contributed by atoms with Crippen LogP contribution in [0.15, 0.2) is 66.1 Å². The number of azide groups is 2. The predicted molar refractivity (Wildman–Crippen MR) is 172 cm³/mol. The van der Waals surface area contributed by atoms with E-state index in [1.165, 1.54) is 50.5 Å². The van der Waals surface area contributed by atoms with Gasteiger partial charge in [-0.05, 0) is 37.0 Å². The summed E-state index contributed by atoms with van der Waals surface area (Å²) in [6, 6.07) is 3.79. The molecule has 1 aromatic carbocycles. The van der Waals surface area contributed by atoms with Crippen LogP contribution in [0.5, 0.6) is 0 Å². The fraction of sp³-hybridized carbons (Fsp3) is 0.481. The van der Waals surface area contributed by atoms with Gasteiger partial charge in [0.05, 0.1) is 37.5 Å². The molecule has 0 spiro atoms. The fourth-order valence-electron chi connectivity index (χ4n) is 5.29. The molecule has 2 aliphatic rings. The van der Waals surface area contributed by atoms with Gasteiger partial charge in [-0.25, -0.2) is 14.2 Å². The van der Waals surface area contributed by atoms with E-state index in [0.717, 1.165) is 9.13 Å². The zero-order valence-electron chi connectivity index (χ0n) is 26.3. The van der Waals surface area contributed by atoms with E-state index >= 15 is 0 Å². The Morgan fingerprint density at radius 1 is 0.900 bits per heavy atom. The van der Waals surface area contributed by atoms with E-state index in [-0.39, 0.29) is 29.5 Å². The number of ether oxygens (including phenoxy) is 2. The highest BCUT2D eigenvalue weighted by molar-refractivity contribution is 7.48. The first-order valence-corrected chi connectivity index (χ1v) is 16.7. The van der Waals surface area contributed by atoms with Gasteiger partial charge in [0.2, 0.25) is 0 Å². The highest BCUT2D eigenvalue weighted by Crippen LogP contribution is 2.54. The summed E-state index contributed by atoms with van der Waals surface area (Å²) < 4.78 is 44.7. The van der Waals surface area contributed by atoms with Gasteiger partial charge in [0.25, 0.3) is 11.1 Å². The number of hydrogen-bond acceptors (Lipinski definition) is 13. The van der Waals surface area contributed by atoms with Crippen LogP contribution in [0.2, 0.25) is 5.02 Å². The summed E-state index contributed by atoms with van der Waals surface area (Å²) in [6.07, 6.45) is -3.66. The molecule has 50 heavy (non-hydrogen) atoms. The molecule has 3 N–H and O–H groups in total. The Labute approximate surface area is 285 Å². The molecule has 2 fully saturated rings. The number of aromatic nitrogens is 4. The number of hydrogen-bond donors (Lipinski definition) is 3. The minimum Gasteiger partial charge on any atom is -0.364 e. The lowest BCUT2D eigenvalue weighted by Crippen LogP contribution is -2.33. The van der Waals surface area contributed by atoms with Crippen LogP contribution in [0.3, 0.4) is 0 Å². The molecule has 0 amide bonds. The third kappa shape index (κ3) is 8.43. The molecule has 1 unspecified atom stereocenters. The summed E-state index contributed by atoms with van der Waals surface area (Å²) in [5, 5.41) is 18.6. The van der Waals surface area contributed by atoms with Crippen LogP contribution >= 0.6 is 19.4 Å². The molecule has 266 valence electrons. The predicted octanol–water partition coefficient (Wildman–Crippen LogP) is 3.14. The molecule has 5 rings (SSSR count). The third-order valence-electron chi connectivity index (χ3n) is 7.90. The van der Waals surface area contributed by atoms with Crippen molar-refractivity contribution >= 4 is 19.4 Å². The molecule has 2 aromatic heterocycles. The lowest BCUT2D eigenvalue weighted by Gasteiger charge is -2.25. The highest BCUT2D eigenvalue weighted by Gasteiger charge is 2.42. The molecule has 0 radical (unpaired) electrons. The second-order valence-electron chi connectivity index (χ2n) is 11.3. The topological polar surface area (TPSA) is 291 Å². The average molecular weight is 737 g/mol. The summed E-state index contributed by atoms with van der Waals surface area (Å²) in [5.41, 5.74) is 16.1. The van der Waals surface area contributed by atoms with Gasteiger partial charge in [0.15, 0.2) is 6.29 Å². The van der Waals surface area contributed by atoms with Crippen molar-refractivity contribution in [3.05, 3.63) is 121 Å². The Morgan fingerprint density at radius 2 is 1.34 bits per heavy atom. The number of aliphatic hydroxyl groups excluding tert-OH is 1. The van der Waals surface area contributed by atoms with Gasteiger partial charge in [-0.15, -0.1) is 0 Å². The van der Waals surface area contributed by atoms with E-state index in [9.17, 15) is 28.8 Å². The van der Waals surface area contributed by atoms with E-state index in [1.54, 1.807) is 0 Å². The molecule has 0 saturated carbocycles. The zero-order chi connectivity index (χ0) is 36.2. The monoisotopic (exact) mass is 736 g/mol. The van der Waals surface area contributed by atoms with E-state index in [1.807, 2.05) is 0 Å². The maximum atomic E-state index is 14.1. The van der Waals surface area contributed by atoms with Crippen LogP contribution < -0.4 is 22.5 Å². The Hall–Kier alpha value is -4.52. The van der Waals surface area contributed by atoms with E-state index < -0.39 is 86.6 Å². The zero-order valence-corrected chi connectivity index (χ0v) is 27.9. The maximum absolute atomic E-state index is 14.1. The number of aliphatic hydroxyl groups is 1. The van der Waals surface area contributed by atoms with Gasteiger partial charge >= 0.3 is 19.2 Å². The largest absolute Gasteiger partial charge is 0.477 e. The van der Waals surface area contributed by atoms with Crippen molar-refractivity contribution in [2.24, 2.45) is 10.2 Å². The number of phosphoric acid groups is 1. The highest BCUT2D eigenvalue weighted by atomic mass is 35.5. The summed E-state index contributed by atoms with van der Waals surface area (Å²) in [7, 11) is -4.82. The quantitative estimate of drug-likeness (QED) is 0.0753. The molecule has 2 aliphatic heterocycles. The molecule has 23 heteroatoms. The SMILES string of the molecule is Cc1cn([C@H]2C[C@H](N=[N+]=[N-])[C@@H](COP(=O)(OC[C@H]3O[C@@H](n4cc(C)c(=O)[nH]c4=O)C[C@@H]3N=[N+]=[N-])OC(O)c3ccc(Cl)cc3)O2)c(=O)[nH]c1=O. The van der Waals surface area contributed by atoms with Crippen LogP contribution in [0.1, 0.15) is 48.3 Å². The van der Waals surface area contributed by atoms with Crippen molar-refractivity contribution in [2.75, 3.05) is 13.2 Å². The number of rotatable bonds is 13. The van der Waals surface area contributed by atoms with Crippen molar-refractivity contribution in [1.29, 1.82) is 0 Å².